The number of benzene rings is 2. The number of nitro groups is 1. The fraction of sp³-hybridized carbons (Fsp3) is 0. The van der Waals surface area contributed by atoms with Crippen molar-refractivity contribution in [2.24, 2.45) is 0 Å². The van der Waals surface area contributed by atoms with E-state index in [1.54, 1.807) is 0 Å². The van der Waals surface area contributed by atoms with Crippen molar-refractivity contribution in [3.05, 3.63) is 69.8 Å². The molecule has 0 aromatic heterocycles. The van der Waals surface area contributed by atoms with E-state index < -0.39 is 28.2 Å². The van der Waals surface area contributed by atoms with Crippen LogP contribution in [0.5, 0.6) is 0 Å². The molecule has 1 amide bonds. The average molecular weight is 278 g/mol. The molecule has 0 atom stereocenters. The second-order valence-corrected chi connectivity index (χ2v) is 3.88. The molecule has 0 aliphatic rings. The van der Waals surface area contributed by atoms with Crippen LogP contribution in [-0.2, 0) is 0 Å². The molecule has 0 unspecified atom stereocenters. The Hall–Kier alpha value is -2.83. The first kappa shape index (κ1) is 13.6. The van der Waals surface area contributed by atoms with E-state index in [-0.39, 0.29) is 5.56 Å². The first-order chi connectivity index (χ1) is 9.47. The monoisotopic (exact) mass is 278 g/mol. The van der Waals surface area contributed by atoms with Crippen LogP contribution in [-0.4, -0.2) is 10.8 Å². The van der Waals surface area contributed by atoms with E-state index in [9.17, 15) is 23.7 Å². The second-order valence-electron chi connectivity index (χ2n) is 3.88. The Morgan fingerprint density at radius 2 is 1.75 bits per heavy atom. The minimum atomic E-state index is -1.10. The van der Waals surface area contributed by atoms with Crippen LogP contribution in [0, 0.1) is 21.7 Å². The highest BCUT2D eigenvalue weighted by molar-refractivity contribution is 6.04. The molecule has 2 aromatic rings. The molecule has 1 N–H and O–H groups in total. The lowest BCUT2D eigenvalue weighted by Crippen LogP contribution is -2.12. The smallest absolute Gasteiger partial charge is 0.304 e. The normalized spacial score (nSPS) is 10.1. The van der Waals surface area contributed by atoms with Gasteiger partial charge in [0.2, 0.25) is 5.82 Å². The highest BCUT2D eigenvalue weighted by atomic mass is 19.1. The third-order valence-corrected chi connectivity index (χ3v) is 2.51. The summed E-state index contributed by atoms with van der Waals surface area (Å²) in [5.74, 6) is -2.20. The fourth-order valence-electron chi connectivity index (χ4n) is 1.53. The van der Waals surface area contributed by atoms with Gasteiger partial charge in [-0.2, -0.15) is 4.39 Å². The average Bonchev–Trinajstić information content (AvgIpc) is 2.40. The van der Waals surface area contributed by atoms with Crippen LogP contribution in [0.25, 0.3) is 0 Å². The van der Waals surface area contributed by atoms with Gasteiger partial charge < -0.3 is 5.32 Å². The third-order valence-electron chi connectivity index (χ3n) is 2.51. The SMILES string of the molecule is O=C(Nc1ccc(F)cc1)c1ccc([N+](=O)[O-])c(F)c1. The van der Waals surface area contributed by atoms with Gasteiger partial charge in [-0.05, 0) is 36.4 Å². The van der Waals surface area contributed by atoms with Gasteiger partial charge in [-0.15, -0.1) is 0 Å². The highest BCUT2D eigenvalue weighted by Crippen LogP contribution is 2.19. The number of hydrogen-bond donors (Lipinski definition) is 1. The lowest BCUT2D eigenvalue weighted by molar-refractivity contribution is -0.387. The van der Waals surface area contributed by atoms with Crippen LogP contribution in [0.4, 0.5) is 20.2 Å². The molecule has 0 aliphatic heterocycles. The number of nitro benzene ring substituents is 1. The minimum Gasteiger partial charge on any atom is -0.322 e. The summed E-state index contributed by atoms with van der Waals surface area (Å²) in [5, 5.41) is 12.9. The van der Waals surface area contributed by atoms with Gasteiger partial charge in [-0.25, -0.2) is 4.39 Å². The summed E-state index contributed by atoms with van der Waals surface area (Å²) >= 11 is 0. The molecule has 0 saturated carbocycles. The van der Waals surface area contributed by atoms with Crippen LogP contribution in [0.1, 0.15) is 10.4 Å². The summed E-state index contributed by atoms with van der Waals surface area (Å²) in [5.41, 5.74) is -0.448. The molecule has 0 bridgehead atoms. The summed E-state index contributed by atoms with van der Waals surface area (Å²) in [7, 11) is 0. The van der Waals surface area contributed by atoms with E-state index in [4.69, 9.17) is 0 Å². The van der Waals surface area contributed by atoms with E-state index in [1.807, 2.05) is 0 Å². The first-order valence-electron chi connectivity index (χ1n) is 5.48. The van der Waals surface area contributed by atoms with Crippen LogP contribution in [0.2, 0.25) is 0 Å². The van der Waals surface area contributed by atoms with Crippen molar-refractivity contribution in [1.82, 2.24) is 0 Å². The Morgan fingerprint density at radius 3 is 2.30 bits per heavy atom. The van der Waals surface area contributed by atoms with Crippen molar-refractivity contribution in [3.63, 3.8) is 0 Å². The number of anilines is 1. The van der Waals surface area contributed by atoms with Gasteiger partial charge in [0.05, 0.1) is 4.92 Å². The molecule has 0 saturated heterocycles. The number of hydrogen-bond acceptors (Lipinski definition) is 3. The highest BCUT2D eigenvalue weighted by Gasteiger charge is 2.16. The van der Waals surface area contributed by atoms with Crippen LogP contribution in [0.3, 0.4) is 0 Å². The maximum absolute atomic E-state index is 13.4. The van der Waals surface area contributed by atoms with Gasteiger partial charge in [0, 0.05) is 17.3 Å². The second kappa shape index (κ2) is 5.43. The lowest BCUT2D eigenvalue weighted by atomic mass is 10.2. The molecule has 5 nitrogen and oxygen atoms in total. The van der Waals surface area contributed by atoms with Crippen LogP contribution in [0.15, 0.2) is 42.5 Å². The van der Waals surface area contributed by atoms with Gasteiger partial charge in [-0.1, -0.05) is 0 Å². The van der Waals surface area contributed by atoms with Gasteiger partial charge >= 0.3 is 5.69 Å². The summed E-state index contributed by atoms with van der Waals surface area (Å²) in [4.78, 5) is 21.4. The summed E-state index contributed by atoms with van der Waals surface area (Å²) < 4.78 is 26.1. The predicted molar refractivity (Wildman–Crippen MR) is 67.4 cm³/mol. The van der Waals surface area contributed by atoms with Crippen molar-refractivity contribution in [2.45, 2.75) is 0 Å². The van der Waals surface area contributed by atoms with E-state index in [2.05, 4.69) is 5.32 Å². The molecular weight excluding hydrogens is 270 g/mol. The molecule has 0 fully saturated rings. The molecule has 7 heteroatoms. The van der Waals surface area contributed by atoms with Crippen molar-refractivity contribution in [3.8, 4) is 0 Å². The number of halogens is 2. The van der Waals surface area contributed by atoms with Gasteiger partial charge in [0.15, 0.2) is 0 Å². The molecule has 102 valence electrons. The molecule has 0 radical (unpaired) electrons. The maximum Gasteiger partial charge on any atom is 0.304 e. The predicted octanol–water partition coefficient (Wildman–Crippen LogP) is 3.13. The number of carbonyl (C=O) groups excluding carboxylic acids is 1. The molecule has 0 aliphatic carbocycles. The van der Waals surface area contributed by atoms with E-state index in [0.717, 1.165) is 30.3 Å². The topological polar surface area (TPSA) is 72.2 Å². The maximum atomic E-state index is 13.4. The van der Waals surface area contributed by atoms with Crippen molar-refractivity contribution >= 4 is 17.3 Å². The number of rotatable bonds is 3. The molecule has 0 heterocycles. The quantitative estimate of drug-likeness (QED) is 0.692. The standard InChI is InChI=1S/C13H8F2N2O3/c14-9-2-4-10(5-3-9)16-13(18)8-1-6-12(17(19)20)11(15)7-8/h1-7H,(H,16,18). The van der Waals surface area contributed by atoms with E-state index >= 15 is 0 Å². The van der Waals surface area contributed by atoms with Crippen molar-refractivity contribution in [2.75, 3.05) is 5.32 Å². The third kappa shape index (κ3) is 2.94. The molecule has 0 spiro atoms. The zero-order valence-corrected chi connectivity index (χ0v) is 9.97. The van der Waals surface area contributed by atoms with Crippen LogP contribution < -0.4 is 5.32 Å². The largest absolute Gasteiger partial charge is 0.322 e. The van der Waals surface area contributed by atoms with Crippen molar-refractivity contribution < 1.29 is 18.5 Å². The zero-order valence-electron chi connectivity index (χ0n) is 9.97. The van der Waals surface area contributed by atoms with Crippen molar-refractivity contribution in [1.29, 1.82) is 0 Å². The summed E-state index contributed by atoms with van der Waals surface area (Å²) in [6.07, 6.45) is 0. The Balaban J connectivity index is 2.19. The summed E-state index contributed by atoms with van der Waals surface area (Å²) in [6.45, 7) is 0. The lowest BCUT2D eigenvalue weighted by Gasteiger charge is -2.05. The Morgan fingerprint density at radius 1 is 1.10 bits per heavy atom. The molecule has 2 rings (SSSR count). The fourth-order valence-corrected chi connectivity index (χ4v) is 1.53. The zero-order chi connectivity index (χ0) is 14.7. The number of amides is 1. The number of nitrogens with zero attached hydrogens (tertiary/aromatic N) is 1. The molecular formula is C13H8F2N2O3. The molecule has 20 heavy (non-hydrogen) atoms. The Kier molecular flexibility index (Phi) is 3.69. The number of carbonyl (C=O) groups is 1. The van der Waals surface area contributed by atoms with E-state index in [1.165, 1.54) is 12.1 Å². The van der Waals surface area contributed by atoms with Gasteiger partial charge in [-0.3, -0.25) is 14.9 Å². The number of nitrogens with one attached hydrogen (secondary N) is 1. The van der Waals surface area contributed by atoms with E-state index in [0.29, 0.717) is 5.69 Å². The minimum absolute atomic E-state index is 0.0718. The first-order valence-corrected chi connectivity index (χ1v) is 5.48. The van der Waals surface area contributed by atoms with Gasteiger partial charge in [0.25, 0.3) is 5.91 Å². The van der Waals surface area contributed by atoms with Gasteiger partial charge in [0.1, 0.15) is 5.82 Å². The molecule has 2 aromatic carbocycles. The van der Waals surface area contributed by atoms with Crippen LogP contribution >= 0.6 is 0 Å². The Bertz CT molecular complexity index is 672. The Labute approximate surface area is 112 Å². The summed E-state index contributed by atoms with van der Waals surface area (Å²) in [6, 6.07) is 7.83.